The fourth-order valence-corrected chi connectivity index (χ4v) is 1.45. The molecule has 0 unspecified atom stereocenters. The maximum atomic E-state index is 5.67. The summed E-state index contributed by atoms with van der Waals surface area (Å²) in [7, 11) is 0. The van der Waals surface area contributed by atoms with Gasteiger partial charge in [-0.1, -0.05) is 24.3 Å². The van der Waals surface area contributed by atoms with Gasteiger partial charge in [0, 0.05) is 11.8 Å². The van der Waals surface area contributed by atoms with Crippen LogP contribution in [0.3, 0.4) is 0 Å². The quantitative estimate of drug-likeness (QED) is 0.583. The Morgan fingerprint density at radius 1 is 1.25 bits per heavy atom. The van der Waals surface area contributed by atoms with Crippen LogP contribution in [0.25, 0.3) is 10.8 Å². The SMILES string of the molecule is Cc1[c]c(N)cc2ccccc12. The van der Waals surface area contributed by atoms with Gasteiger partial charge in [0.15, 0.2) is 0 Å². The van der Waals surface area contributed by atoms with E-state index >= 15 is 0 Å². The van der Waals surface area contributed by atoms with E-state index in [4.69, 9.17) is 5.73 Å². The van der Waals surface area contributed by atoms with E-state index < -0.39 is 0 Å². The second kappa shape index (κ2) is 2.52. The van der Waals surface area contributed by atoms with Crippen molar-refractivity contribution in [2.75, 3.05) is 5.73 Å². The summed E-state index contributed by atoms with van der Waals surface area (Å²) in [4.78, 5) is 0. The molecule has 0 amide bonds. The van der Waals surface area contributed by atoms with Crippen LogP contribution in [0.4, 0.5) is 5.69 Å². The molecular weight excluding hydrogens is 146 g/mol. The summed E-state index contributed by atoms with van der Waals surface area (Å²) in [5, 5.41) is 2.41. The first-order chi connectivity index (χ1) is 5.77. The Kier molecular flexibility index (Phi) is 1.51. The van der Waals surface area contributed by atoms with E-state index in [-0.39, 0.29) is 0 Å². The smallest absolute Gasteiger partial charge is 0.0403 e. The lowest BCUT2D eigenvalue weighted by molar-refractivity contribution is 1.51. The summed E-state index contributed by atoms with van der Waals surface area (Å²) in [5.74, 6) is 0. The zero-order chi connectivity index (χ0) is 8.55. The number of benzene rings is 2. The van der Waals surface area contributed by atoms with E-state index in [0.29, 0.717) is 5.69 Å². The van der Waals surface area contributed by atoms with Crippen molar-refractivity contribution in [2.45, 2.75) is 6.92 Å². The molecule has 0 bridgehead atoms. The molecule has 59 valence electrons. The van der Waals surface area contributed by atoms with E-state index in [1.54, 1.807) is 0 Å². The highest BCUT2D eigenvalue weighted by atomic mass is 14.5. The number of hydrogen-bond donors (Lipinski definition) is 1. The van der Waals surface area contributed by atoms with Gasteiger partial charge >= 0.3 is 0 Å². The van der Waals surface area contributed by atoms with Gasteiger partial charge in [-0.2, -0.15) is 0 Å². The third-order valence-electron chi connectivity index (χ3n) is 2.01. The Hall–Kier alpha value is -1.50. The molecule has 0 heterocycles. The molecule has 0 saturated heterocycles. The molecule has 2 N–H and O–H groups in total. The summed E-state index contributed by atoms with van der Waals surface area (Å²) < 4.78 is 0. The molecule has 1 radical (unpaired) electrons. The van der Waals surface area contributed by atoms with Crippen LogP contribution in [0.1, 0.15) is 5.56 Å². The van der Waals surface area contributed by atoms with Crippen molar-refractivity contribution in [3.63, 3.8) is 0 Å². The van der Waals surface area contributed by atoms with Crippen molar-refractivity contribution in [2.24, 2.45) is 0 Å². The van der Waals surface area contributed by atoms with Crippen LogP contribution in [-0.2, 0) is 0 Å². The molecule has 12 heavy (non-hydrogen) atoms. The maximum absolute atomic E-state index is 5.67. The largest absolute Gasteiger partial charge is 0.398 e. The van der Waals surface area contributed by atoms with Crippen LogP contribution >= 0.6 is 0 Å². The summed E-state index contributed by atoms with van der Waals surface area (Å²) in [6.45, 7) is 2.03. The van der Waals surface area contributed by atoms with Crippen molar-refractivity contribution in [3.8, 4) is 0 Å². The zero-order valence-corrected chi connectivity index (χ0v) is 6.96. The molecule has 1 heteroatoms. The Morgan fingerprint density at radius 2 is 2.00 bits per heavy atom. The van der Waals surface area contributed by atoms with Crippen LogP contribution < -0.4 is 5.73 Å². The summed E-state index contributed by atoms with van der Waals surface area (Å²) in [6.07, 6.45) is 0. The molecule has 0 fully saturated rings. The van der Waals surface area contributed by atoms with Gasteiger partial charge in [0.1, 0.15) is 0 Å². The highest BCUT2D eigenvalue weighted by Crippen LogP contribution is 2.20. The van der Waals surface area contributed by atoms with E-state index in [1.807, 2.05) is 25.1 Å². The summed E-state index contributed by atoms with van der Waals surface area (Å²) >= 11 is 0. The van der Waals surface area contributed by atoms with Gasteiger partial charge in [-0.25, -0.2) is 0 Å². The van der Waals surface area contributed by atoms with Crippen LogP contribution in [0.5, 0.6) is 0 Å². The summed E-state index contributed by atoms with van der Waals surface area (Å²) in [6, 6.07) is 13.2. The highest BCUT2D eigenvalue weighted by molar-refractivity contribution is 5.88. The fraction of sp³-hybridized carbons (Fsp3) is 0.0909. The topological polar surface area (TPSA) is 26.0 Å². The minimum atomic E-state index is 0.714. The highest BCUT2D eigenvalue weighted by Gasteiger charge is 1.96. The van der Waals surface area contributed by atoms with Crippen molar-refractivity contribution in [1.29, 1.82) is 0 Å². The molecule has 2 aromatic carbocycles. The molecule has 0 atom stereocenters. The Labute approximate surface area is 71.8 Å². The maximum Gasteiger partial charge on any atom is 0.0403 e. The number of aryl methyl sites for hydroxylation is 1. The lowest BCUT2D eigenvalue weighted by Crippen LogP contribution is -1.87. The van der Waals surface area contributed by atoms with E-state index in [2.05, 4.69) is 18.2 Å². The van der Waals surface area contributed by atoms with Gasteiger partial charge in [-0.3, -0.25) is 0 Å². The van der Waals surface area contributed by atoms with E-state index in [9.17, 15) is 0 Å². The molecule has 1 nitrogen and oxygen atoms in total. The van der Waals surface area contributed by atoms with E-state index in [0.717, 1.165) is 5.56 Å². The molecular formula is C11H10N. The molecule has 2 aromatic rings. The molecule has 2 rings (SSSR count). The van der Waals surface area contributed by atoms with Crippen molar-refractivity contribution >= 4 is 16.5 Å². The van der Waals surface area contributed by atoms with Gasteiger partial charge in [0.05, 0.1) is 0 Å². The predicted molar refractivity (Wildman–Crippen MR) is 51.9 cm³/mol. The van der Waals surface area contributed by atoms with Crippen molar-refractivity contribution < 1.29 is 0 Å². The third-order valence-corrected chi connectivity index (χ3v) is 2.01. The molecule has 0 aliphatic carbocycles. The monoisotopic (exact) mass is 156 g/mol. The molecule has 0 aromatic heterocycles. The van der Waals surface area contributed by atoms with Gasteiger partial charge < -0.3 is 5.73 Å². The minimum absolute atomic E-state index is 0.714. The Morgan fingerprint density at radius 3 is 2.83 bits per heavy atom. The molecule has 0 aliphatic heterocycles. The Bertz CT molecular complexity index is 418. The average molecular weight is 156 g/mol. The van der Waals surface area contributed by atoms with Crippen LogP contribution in [0, 0.1) is 13.0 Å². The first kappa shape index (κ1) is 7.17. The molecule has 0 saturated carbocycles. The first-order valence-corrected chi connectivity index (χ1v) is 3.94. The van der Waals surface area contributed by atoms with Crippen LogP contribution in [0.2, 0.25) is 0 Å². The van der Waals surface area contributed by atoms with Gasteiger partial charge in [-0.05, 0) is 29.3 Å². The predicted octanol–water partition coefficient (Wildman–Crippen LogP) is 2.53. The number of anilines is 1. The van der Waals surface area contributed by atoms with Gasteiger partial charge in [0.25, 0.3) is 0 Å². The lowest BCUT2D eigenvalue weighted by Gasteiger charge is -2.01. The van der Waals surface area contributed by atoms with Gasteiger partial charge in [-0.15, -0.1) is 0 Å². The summed E-state index contributed by atoms with van der Waals surface area (Å²) in [5.41, 5.74) is 7.50. The van der Waals surface area contributed by atoms with Crippen molar-refractivity contribution in [1.82, 2.24) is 0 Å². The minimum Gasteiger partial charge on any atom is -0.398 e. The fourth-order valence-electron chi connectivity index (χ4n) is 1.45. The zero-order valence-electron chi connectivity index (χ0n) is 6.96. The van der Waals surface area contributed by atoms with Crippen LogP contribution in [0.15, 0.2) is 30.3 Å². The third kappa shape index (κ3) is 1.03. The number of rotatable bonds is 0. The van der Waals surface area contributed by atoms with Gasteiger partial charge in [0.2, 0.25) is 0 Å². The second-order valence-corrected chi connectivity index (χ2v) is 2.94. The lowest BCUT2D eigenvalue weighted by atomic mass is 10.1. The standard InChI is InChI=1S/C11H10N/c1-8-6-10(12)7-9-4-2-3-5-11(8)9/h2-5,7H,12H2,1H3. The van der Waals surface area contributed by atoms with Crippen molar-refractivity contribution in [3.05, 3.63) is 42.0 Å². The number of hydrogen-bond acceptors (Lipinski definition) is 1. The first-order valence-electron chi connectivity index (χ1n) is 3.94. The van der Waals surface area contributed by atoms with Crippen LogP contribution in [-0.4, -0.2) is 0 Å². The van der Waals surface area contributed by atoms with E-state index in [1.165, 1.54) is 10.8 Å². The second-order valence-electron chi connectivity index (χ2n) is 2.94. The number of fused-ring (bicyclic) bond motifs is 1. The molecule has 0 spiro atoms. The number of nitrogens with two attached hydrogens (primary N) is 1. The normalized spacial score (nSPS) is 10.4. The average Bonchev–Trinajstić information content (AvgIpc) is 2.04. The molecule has 0 aliphatic rings. The Balaban J connectivity index is 2.89. The number of nitrogen functional groups attached to an aromatic ring is 1.